The van der Waals surface area contributed by atoms with Crippen molar-refractivity contribution in [3.8, 4) is 0 Å². The number of benzene rings is 2. The molecule has 0 aliphatic heterocycles. The van der Waals surface area contributed by atoms with E-state index < -0.39 is 0 Å². The molecule has 0 amide bonds. The van der Waals surface area contributed by atoms with Crippen LogP contribution >= 0.6 is 11.6 Å². The lowest BCUT2D eigenvalue weighted by molar-refractivity contribution is 0.592. The molecule has 0 aromatic heterocycles. The van der Waals surface area contributed by atoms with Gasteiger partial charge in [0.1, 0.15) is 0 Å². The maximum Gasteiger partial charge on any atom is 0.0408 e. The molecule has 1 nitrogen and oxygen atoms in total. The Bertz CT molecular complexity index is 519. The third kappa shape index (κ3) is 3.82. The van der Waals surface area contributed by atoms with Gasteiger partial charge in [0.2, 0.25) is 0 Å². The molecule has 2 aromatic carbocycles. The van der Waals surface area contributed by atoms with E-state index in [9.17, 15) is 0 Å². The van der Waals surface area contributed by atoms with Crippen LogP contribution in [0, 0.1) is 0 Å². The number of likely N-dealkylation sites (N-methyl/N-ethyl adjacent to an activating group) is 1. The standard InChI is InChI=1S/C17H20ClN/c1-3-13-7-9-15(10-8-13)17(19-2)12-14-5-4-6-16(18)11-14/h4-11,17,19H,3,12H2,1-2H3. The summed E-state index contributed by atoms with van der Waals surface area (Å²) >= 11 is 6.04. The van der Waals surface area contributed by atoms with Crippen molar-refractivity contribution in [1.29, 1.82) is 0 Å². The fraction of sp³-hybridized carbons (Fsp3) is 0.294. The lowest BCUT2D eigenvalue weighted by Crippen LogP contribution is -2.18. The van der Waals surface area contributed by atoms with Gasteiger partial charge in [0.15, 0.2) is 0 Å². The average molecular weight is 274 g/mol. The Morgan fingerprint density at radius 1 is 1.05 bits per heavy atom. The zero-order chi connectivity index (χ0) is 13.7. The zero-order valence-corrected chi connectivity index (χ0v) is 12.2. The first-order valence-corrected chi connectivity index (χ1v) is 7.11. The summed E-state index contributed by atoms with van der Waals surface area (Å²) in [5.41, 5.74) is 3.95. The van der Waals surface area contributed by atoms with Crippen LogP contribution in [0.4, 0.5) is 0 Å². The predicted octanol–water partition coefficient (Wildman–Crippen LogP) is 4.41. The highest BCUT2D eigenvalue weighted by Gasteiger charge is 2.10. The van der Waals surface area contributed by atoms with Gasteiger partial charge in [0, 0.05) is 11.1 Å². The first-order valence-electron chi connectivity index (χ1n) is 6.73. The lowest BCUT2D eigenvalue weighted by atomic mass is 9.98. The molecule has 0 saturated heterocycles. The van der Waals surface area contributed by atoms with Crippen LogP contribution < -0.4 is 5.32 Å². The highest BCUT2D eigenvalue weighted by molar-refractivity contribution is 6.30. The summed E-state index contributed by atoms with van der Waals surface area (Å²) in [7, 11) is 2.00. The summed E-state index contributed by atoms with van der Waals surface area (Å²) < 4.78 is 0. The Labute approximate surface area is 120 Å². The molecule has 0 bridgehead atoms. The molecule has 0 heterocycles. The number of aryl methyl sites for hydroxylation is 1. The van der Waals surface area contributed by atoms with Gasteiger partial charge < -0.3 is 5.32 Å². The molecule has 1 unspecified atom stereocenters. The van der Waals surface area contributed by atoms with Crippen LogP contribution in [0.2, 0.25) is 5.02 Å². The minimum atomic E-state index is 0.323. The van der Waals surface area contributed by atoms with Crippen LogP contribution in [-0.2, 0) is 12.8 Å². The van der Waals surface area contributed by atoms with Crippen molar-refractivity contribution in [2.24, 2.45) is 0 Å². The molecule has 1 N–H and O–H groups in total. The van der Waals surface area contributed by atoms with Gasteiger partial charge in [-0.05, 0) is 48.7 Å². The Kier molecular flexibility index (Phi) is 5.00. The van der Waals surface area contributed by atoms with Crippen LogP contribution in [0.5, 0.6) is 0 Å². The lowest BCUT2D eigenvalue weighted by Gasteiger charge is -2.17. The van der Waals surface area contributed by atoms with E-state index in [1.165, 1.54) is 16.7 Å². The third-order valence-corrected chi connectivity index (χ3v) is 3.70. The molecule has 0 saturated carbocycles. The average Bonchev–Trinajstić information content (AvgIpc) is 2.45. The summed E-state index contributed by atoms with van der Waals surface area (Å²) in [4.78, 5) is 0. The highest BCUT2D eigenvalue weighted by atomic mass is 35.5. The Hall–Kier alpha value is -1.31. The number of hydrogen-bond donors (Lipinski definition) is 1. The van der Waals surface area contributed by atoms with Crippen LogP contribution in [0.3, 0.4) is 0 Å². The summed E-state index contributed by atoms with van der Waals surface area (Å²) in [6.45, 7) is 2.18. The molecule has 0 aliphatic rings. The minimum absolute atomic E-state index is 0.323. The van der Waals surface area contributed by atoms with E-state index in [0.29, 0.717) is 6.04 Å². The maximum atomic E-state index is 6.04. The molecule has 0 aliphatic carbocycles. The summed E-state index contributed by atoms with van der Waals surface area (Å²) in [5.74, 6) is 0. The van der Waals surface area contributed by atoms with E-state index in [2.05, 4.69) is 42.6 Å². The summed E-state index contributed by atoms with van der Waals surface area (Å²) in [6.07, 6.45) is 2.03. The monoisotopic (exact) mass is 273 g/mol. The minimum Gasteiger partial charge on any atom is -0.313 e. The Balaban J connectivity index is 2.15. The van der Waals surface area contributed by atoms with Crippen molar-refractivity contribution in [1.82, 2.24) is 5.32 Å². The van der Waals surface area contributed by atoms with Crippen molar-refractivity contribution in [2.45, 2.75) is 25.8 Å². The van der Waals surface area contributed by atoms with E-state index >= 15 is 0 Å². The van der Waals surface area contributed by atoms with Gasteiger partial charge in [-0.25, -0.2) is 0 Å². The largest absolute Gasteiger partial charge is 0.313 e. The molecule has 2 rings (SSSR count). The topological polar surface area (TPSA) is 12.0 Å². The SMILES string of the molecule is CCc1ccc(C(Cc2cccc(Cl)c2)NC)cc1. The fourth-order valence-corrected chi connectivity index (χ4v) is 2.48. The van der Waals surface area contributed by atoms with Crippen molar-refractivity contribution < 1.29 is 0 Å². The van der Waals surface area contributed by atoms with Crippen molar-refractivity contribution in [3.05, 3.63) is 70.2 Å². The molecule has 19 heavy (non-hydrogen) atoms. The second kappa shape index (κ2) is 6.74. The van der Waals surface area contributed by atoms with Gasteiger partial charge >= 0.3 is 0 Å². The van der Waals surface area contributed by atoms with Gasteiger partial charge in [-0.15, -0.1) is 0 Å². The molecular weight excluding hydrogens is 254 g/mol. The van der Waals surface area contributed by atoms with E-state index in [1.807, 2.05) is 25.2 Å². The summed E-state index contributed by atoms with van der Waals surface area (Å²) in [5, 5.41) is 4.18. The Morgan fingerprint density at radius 3 is 2.37 bits per heavy atom. The van der Waals surface area contributed by atoms with Crippen LogP contribution in [0.15, 0.2) is 48.5 Å². The number of hydrogen-bond acceptors (Lipinski definition) is 1. The maximum absolute atomic E-state index is 6.04. The molecule has 1 atom stereocenters. The molecule has 0 spiro atoms. The van der Waals surface area contributed by atoms with E-state index in [0.717, 1.165) is 17.9 Å². The van der Waals surface area contributed by atoms with E-state index in [-0.39, 0.29) is 0 Å². The first-order chi connectivity index (χ1) is 9.22. The molecule has 100 valence electrons. The van der Waals surface area contributed by atoms with Gasteiger partial charge in [-0.1, -0.05) is 54.9 Å². The predicted molar refractivity (Wildman–Crippen MR) is 82.8 cm³/mol. The second-order valence-electron chi connectivity index (χ2n) is 4.77. The number of rotatable bonds is 5. The smallest absolute Gasteiger partial charge is 0.0408 e. The van der Waals surface area contributed by atoms with Gasteiger partial charge in [-0.3, -0.25) is 0 Å². The number of halogens is 1. The molecule has 0 radical (unpaired) electrons. The molecule has 2 heteroatoms. The van der Waals surface area contributed by atoms with E-state index in [4.69, 9.17) is 11.6 Å². The van der Waals surface area contributed by atoms with Crippen LogP contribution in [-0.4, -0.2) is 7.05 Å². The van der Waals surface area contributed by atoms with Gasteiger partial charge in [0.05, 0.1) is 0 Å². The van der Waals surface area contributed by atoms with E-state index in [1.54, 1.807) is 0 Å². The first kappa shape index (κ1) is 14.1. The quantitative estimate of drug-likeness (QED) is 0.851. The fourth-order valence-electron chi connectivity index (χ4n) is 2.27. The third-order valence-electron chi connectivity index (χ3n) is 3.47. The van der Waals surface area contributed by atoms with Crippen molar-refractivity contribution in [2.75, 3.05) is 7.05 Å². The summed E-state index contributed by atoms with van der Waals surface area (Å²) in [6, 6.07) is 17.2. The zero-order valence-electron chi connectivity index (χ0n) is 11.5. The Morgan fingerprint density at radius 2 is 1.79 bits per heavy atom. The number of nitrogens with one attached hydrogen (secondary N) is 1. The highest BCUT2D eigenvalue weighted by Crippen LogP contribution is 2.20. The van der Waals surface area contributed by atoms with Gasteiger partial charge in [0.25, 0.3) is 0 Å². The molecule has 0 fully saturated rings. The second-order valence-corrected chi connectivity index (χ2v) is 5.21. The molecular formula is C17H20ClN. The van der Waals surface area contributed by atoms with Crippen molar-refractivity contribution >= 4 is 11.6 Å². The molecule has 2 aromatic rings. The van der Waals surface area contributed by atoms with Crippen molar-refractivity contribution in [3.63, 3.8) is 0 Å². The normalized spacial score (nSPS) is 12.4. The van der Waals surface area contributed by atoms with Gasteiger partial charge in [-0.2, -0.15) is 0 Å². The van der Waals surface area contributed by atoms with Crippen LogP contribution in [0.1, 0.15) is 29.7 Å². The van der Waals surface area contributed by atoms with Crippen LogP contribution in [0.25, 0.3) is 0 Å².